The van der Waals surface area contributed by atoms with Crippen molar-refractivity contribution >= 4 is 35.6 Å². The van der Waals surface area contributed by atoms with E-state index in [1.165, 1.54) is 16.8 Å². The van der Waals surface area contributed by atoms with Crippen LogP contribution in [0.5, 0.6) is 0 Å². The number of morpholine rings is 1. The van der Waals surface area contributed by atoms with Crippen molar-refractivity contribution in [3.05, 3.63) is 65.7 Å². The van der Waals surface area contributed by atoms with E-state index in [1.807, 2.05) is 7.05 Å². The molecule has 32 heavy (non-hydrogen) atoms. The first kappa shape index (κ1) is 24.8. The number of rotatable bonds is 6. The van der Waals surface area contributed by atoms with Crippen LogP contribution in [0.2, 0.25) is 0 Å². The number of hydrogen-bond donors (Lipinski definition) is 2. The Bertz CT molecular complexity index is 856. The molecule has 0 aromatic heterocycles. The fourth-order valence-corrected chi connectivity index (χ4v) is 4.56. The summed E-state index contributed by atoms with van der Waals surface area (Å²) in [4.78, 5) is 9.47. The van der Waals surface area contributed by atoms with E-state index in [9.17, 15) is 0 Å². The number of guanidine groups is 1. The van der Waals surface area contributed by atoms with Crippen LogP contribution in [0.4, 0.5) is 5.69 Å². The van der Waals surface area contributed by atoms with Gasteiger partial charge in [0.15, 0.2) is 5.96 Å². The van der Waals surface area contributed by atoms with Crippen molar-refractivity contribution < 1.29 is 4.74 Å². The molecule has 2 unspecified atom stereocenters. The van der Waals surface area contributed by atoms with Gasteiger partial charge in [-0.15, -0.1) is 24.0 Å². The third-order valence-electron chi connectivity index (χ3n) is 6.25. The van der Waals surface area contributed by atoms with Crippen molar-refractivity contribution in [2.75, 3.05) is 57.9 Å². The Labute approximate surface area is 209 Å². The Morgan fingerprint density at radius 3 is 2.59 bits per heavy atom. The summed E-state index contributed by atoms with van der Waals surface area (Å²) in [5, 5.41) is 7.24. The number of halogens is 1. The molecule has 7 heteroatoms. The second kappa shape index (κ2) is 12.4. The predicted molar refractivity (Wildman–Crippen MR) is 143 cm³/mol. The van der Waals surface area contributed by atoms with E-state index >= 15 is 0 Å². The number of aryl methyl sites for hydroxylation is 1. The van der Waals surface area contributed by atoms with Crippen molar-refractivity contribution in [1.29, 1.82) is 0 Å². The molecule has 2 fully saturated rings. The third-order valence-corrected chi connectivity index (χ3v) is 6.25. The zero-order valence-corrected chi connectivity index (χ0v) is 21.5. The van der Waals surface area contributed by atoms with Crippen LogP contribution < -0.4 is 15.5 Å². The number of nitrogens with one attached hydrogen (secondary N) is 2. The first-order valence-electron chi connectivity index (χ1n) is 11.4. The van der Waals surface area contributed by atoms with Gasteiger partial charge in [-0.3, -0.25) is 9.89 Å². The van der Waals surface area contributed by atoms with Crippen LogP contribution in [0.3, 0.4) is 0 Å². The van der Waals surface area contributed by atoms with Gasteiger partial charge in [0.2, 0.25) is 0 Å². The van der Waals surface area contributed by atoms with Crippen LogP contribution in [0.15, 0.2) is 59.6 Å². The molecule has 0 radical (unpaired) electrons. The molecular formula is C25H36IN5O. The molecule has 6 nitrogen and oxygen atoms in total. The molecule has 2 saturated heterocycles. The highest BCUT2D eigenvalue weighted by Crippen LogP contribution is 2.23. The van der Waals surface area contributed by atoms with Gasteiger partial charge in [-0.1, -0.05) is 48.0 Å². The van der Waals surface area contributed by atoms with E-state index in [2.05, 4.69) is 86.9 Å². The van der Waals surface area contributed by atoms with Gasteiger partial charge in [0, 0.05) is 51.5 Å². The third kappa shape index (κ3) is 6.59. The van der Waals surface area contributed by atoms with Crippen LogP contribution in [0, 0.1) is 6.92 Å². The van der Waals surface area contributed by atoms with Crippen LogP contribution in [-0.2, 0) is 4.74 Å². The average Bonchev–Trinajstić information content (AvgIpc) is 3.28. The number of hydrogen-bond acceptors (Lipinski definition) is 4. The molecule has 0 aliphatic carbocycles. The van der Waals surface area contributed by atoms with Gasteiger partial charge in [-0.25, -0.2) is 0 Å². The predicted octanol–water partition coefficient (Wildman–Crippen LogP) is 3.43. The first-order valence-corrected chi connectivity index (χ1v) is 11.4. The number of anilines is 1. The summed E-state index contributed by atoms with van der Waals surface area (Å²) in [7, 11) is 1.86. The number of aliphatic imine (C=N–C) groups is 1. The molecule has 174 valence electrons. The van der Waals surface area contributed by atoms with Gasteiger partial charge >= 0.3 is 0 Å². The maximum atomic E-state index is 5.59. The monoisotopic (exact) mass is 549 g/mol. The van der Waals surface area contributed by atoms with E-state index in [4.69, 9.17) is 4.74 Å². The van der Waals surface area contributed by atoms with Gasteiger partial charge < -0.3 is 20.3 Å². The summed E-state index contributed by atoms with van der Waals surface area (Å²) in [6, 6.07) is 20.2. The summed E-state index contributed by atoms with van der Waals surface area (Å²) < 4.78 is 5.59. The fraction of sp³-hybridized carbons (Fsp3) is 0.480. The molecule has 2 N–H and O–H groups in total. The van der Waals surface area contributed by atoms with Crippen LogP contribution in [0.1, 0.15) is 23.6 Å². The maximum Gasteiger partial charge on any atom is 0.191 e. The Balaban J connectivity index is 0.00000289. The van der Waals surface area contributed by atoms with Gasteiger partial charge in [0.25, 0.3) is 0 Å². The van der Waals surface area contributed by atoms with E-state index in [-0.39, 0.29) is 24.0 Å². The average molecular weight is 550 g/mol. The molecule has 0 amide bonds. The molecule has 2 aliphatic rings. The highest BCUT2D eigenvalue weighted by Gasteiger charge is 2.25. The fourth-order valence-electron chi connectivity index (χ4n) is 4.56. The lowest BCUT2D eigenvalue weighted by atomic mass is 10.0. The van der Waals surface area contributed by atoms with Crippen molar-refractivity contribution in [1.82, 2.24) is 15.5 Å². The summed E-state index contributed by atoms with van der Waals surface area (Å²) >= 11 is 0. The van der Waals surface area contributed by atoms with E-state index in [1.54, 1.807) is 0 Å². The van der Waals surface area contributed by atoms with Gasteiger partial charge in [-0.05, 0) is 31.0 Å². The number of ether oxygens (including phenoxy) is 1. The zero-order valence-electron chi connectivity index (χ0n) is 19.2. The smallest absolute Gasteiger partial charge is 0.191 e. The number of nitrogens with zero attached hydrogens (tertiary/aromatic N) is 3. The second-order valence-corrected chi connectivity index (χ2v) is 8.44. The molecule has 2 heterocycles. The summed E-state index contributed by atoms with van der Waals surface area (Å²) in [6.45, 7) is 8.56. The molecule has 4 rings (SSSR count). The minimum atomic E-state index is 0. The maximum absolute atomic E-state index is 5.59. The SMILES string of the molecule is CN=C(NCC(c1cccc(C)c1)N1CCOCC1)NC1CCN(c2ccccc2)C1.I. The molecule has 2 aromatic rings. The Morgan fingerprint density at radius 2 is 1.88 bits per heavy atom. The molecule has 0 bridgehead atoms. The van der Waals surface area contributed by atoms with Crippen molar-refractivity contribution in [2.45, 2.75) is 25.4 Å². The Hall–Kier alpha value is -1.84. The lowest BCUT2D eigenvalue weighted by molar-refractivity contribution is 0.0170. The van der Waals surface area contributed by atoms with E-state index in [0.29, 0.717) is 12.1 Å². The topological polar surface area (TPSA) is 52.1 Å². The van der Waals surface area contributed by atoms with Crippen molar-refractivity contribution in [2.24, 2.45) is 4.99 Å². The summed E-state index contributed by atoms with van der Waals surface area (Å²) in [6.07, 6.45) is 1.11. The lowest BCUT2D eigenvalue weighted by Gasteiger charge is -2.35. The van der Waals surface area contributed by atoms with Crippen LogP contribution >= 0.6 is 24.0 Å². The summed E-state index contributed by atoms with van der Waals surface area (Å²) in [5.41, 5.74) is 3.94. The second-order valence-electron chi connectivity index (χ2n) is 8.44. The minimum absolute atomic E-state index is 0. The zero-order chi connectivity index (χ0) is 21.5. The van der Waals surface area contributed by atoms with Crippen LogP contribution in [-0.4, -0.2) is 69.9 Å². The highest BCUT2D eigenvalue weighted by molar-refractivity contribution is 14.0. The standard InChI is InChI=1S/C25H35N5O.HI/c1-20-7-6-8-21(17-20)24(29-13-15-31-16-14-29)18-27-25(26-2)28-22-11-12-30(19-22)23-9-4-3-5-10-23;/h3-10,17,22,24H,11-16,18-19H2,1-2H3,(H2,26,27,28);1H. The van der Waals surface area contributed by atoms with Gasteiger partial charge in [0.1, 0.15) is 0 Å². The van der Waals surface area contributed by atoms with E-state index < -0.39 is 0 Å². The van der Waals surface area contributed by atoms with Crippen LogP contribution in [0.25, 0.3) is 0 Å². The Morgan fingerprint density at radius 1 is 1.09 bits per heavy atom. The molecule has 0 saturated carbocycles. The van der Waals surface area contributed by atoms with E-state index in [0.717, 1.165) is 58.3 Å². The minimum Gasteiger partial charge on any atom is -0.379 e. The molecular weight excluding hydrogens is 513 g/mol. The summed E-state index contributed by atoms with van der Waals surface area (Å²) in [5.74, 6) is 0.880. The quantitative estimate of drug-likeness (QED) is 0.329. The molecule has 2 atom stereocenters. The Kier molecular flexibility index (Phi) is 9.62. The highest BCUT2D eigenvalue weighted by atomic mass is 127. The molecule has 2 aliphatic heterocycles. The van der Waals surface area contributed by atoms with Crippen molar-refractivity contribution in [3.63, 3.8) is 0 Å². The molecule has 0 spiro atoms. The molecule has 2 aromatic carbocycles. The lowest BCUT2D eigenvalue weighted by Crippen LogP contribution is -2.48. The van der Waals surface area contributed by atoms with Gasteiger partial charge in [-0.2, -0.15) is 0 Å². The normalized spacial score (nSPS) is 20.5. The number of para-hydroxylation sites is 1. The largest absolute Gasteiger partial charge is 0.379 e. The van der Waals surface area contributed by atoms with Crippen molar-refractivity contribution in [3.8, 4) is 0 Å². The van der Waals surface area contributed by atoms with Gasteiger partial charge in [0.05, 0.1) is 19.3 Å². The number of benzene rings is 2. The first-order chi connectivity index (χ1) is 15.2.